The second-order valence-corrected chi connectivity index (χ2v) is 9.57. The van der Waals surface area contributed by atoms with Gasteiger partial charge in [0.1, 0.15) is 0 Å². The van der Waals surface area contributed by atoms with Crippen molar-refractivity contribution in [2.75, 3.05) is 36.1 Å². The maximum absolute atomic E-state index is 13.7. The molecule has 2 unspecified atom stereocenters. The number of carbonyl (C=O) groups excluding carboxylic acids is 1. The van der Waals surface area contributed by atoms with Gasteiger partial charge in [-0.3, -0.25) is 4.79 Å². The van der Waals surface area contributed by atoms with E-state index in [1.807, 2.05) is 81.1 Å². The van der Waals surface area contributed by atoms with E-state index in [2.05, 4.69) is 21.8 Å². The molecule has 34 heavy (non-hydrogen) atoms. The Kier molecular flexibility index (Phi) is 7.00. The van der Waals surface area contributed by atoms with Crippen LogP contribution in [0.25, 0.3) is 0 Å². The van der Waals surface area contributed by atoms with Crippen LogP contribution in [0.3, 0.4) is 0 Å². The minimum Gasteiger partial charge on any atom is -0.340 e. The number of hydrogen-bond acceptors (Lipinski definition) is 6. The molecule has 1 aromatic carbocycles. The summed E-state index contributed by atoms with van der Waals surface area (Å²) in [5.74, 6) is 1.78. The van der Waals surface area contributed by atoms with E-state index in [9.17, 15) is 4.79 Å². The van der Waals surface area contributed by atoms with Crippen LogP contribution >= 0.6 is 0 Å². The summed E-state index contributed by atoms with van der Waals surface area (Å²) >= 11 is 0. The number of para-hydroxylation sites is 1. The first-order valence-corrected chi connectivity index (χ1v) is 12.2. The number of likely N-dealkylation sites (tertiary alicyclic amines) is 1. The molecule has 7 heteroatoms. The number of amides is 1. The van der Waals surface area contributed by atoms with Crippen LogP contribution in [0.2, 0.25) is 0 Å². The number of aromatic nitrogens is 2. The van der Waals surface area contributed by atoms with Gasteiger partial charge in [0.2, 0.25) is 5.95 Å². The minimum atomic E-state index is 0.0844. The van der Waals surface area contributed by atoms with Crippen molar-refractivity contribution >= 4 is 23.3 Å². The molecule has 0 N–H and O–H groups in total. The lowest BCUT2D eigenvalue weighted by Gasteiger charge is -2.25. The quantitative estimate of drug-likeness (QED) is 0.460. The van der Waals surface area contributed by atoms with E-state index in [1.54, 1.807) is 0 Å². The highest BCUT2D eigenvalue weighted by atomic mass is 16.2. The van der Waals surface area contributed by atoms with Gasteiger partial charge in [0.25, 0.3) is 5.91 Å². The van der Waals surface area contributed by atoms with Crippen molar-refractivity contribution in [1.82, 2.24) is 14.9 Å². The summed E-state index contributed by atoms with van der Waals surface area (Å²) in [5, 5.41) is 6.63. The first kappa shape index (κ1) is 23.9. The number of hydrazone groups is 1. The van der Waals surface area contributed by atoms with E-state index >= 15 is 0 Å². The third-order valence-corrected chi connectivity index (χ3v) is 6.80. The number of carbonyl (C=O) groups is 1. The van der Waals surface area contributed by atoms with E-state index in [-0.39, 0.29) is 5.91 Å². The average molecular weight is 461 g/mol. The molecule has 0 spiro atoms. The van der Waals surface area contributed by atoms with Crippen molar-refractivity contribution in [3.8, 4) is 0 Å². The monoisotopic (exact) mass is 460 g/mol. The smallest absolute Gasteiger partial charge is 0.256 e. The van der Waals surface area contributed by atoms with Crippen molar-refractivity contribution in [2.24, 2.45) is 16.9 Å². The number of fused-ring (bicyclic) bond motifs is 1. The van der Waals surface area contributed by atoms with E-state index in [0.29, 0.717) is 17.4 Å². The molecule has 180 valence electrons. The van der Waals surface area contributed by atoms with Gasteiger partial charge in [-0.2, -0.15) is 5.10 Å². The summed E-state index contributed by atoms with van der Waals surface area (Å²) < 4.78 is 0. The molecular formula is C27H36N6O. The molecule has 0 bridgehead atoms. The lowest BCUT2D eigenvalue weighted by atomic mass is 10.0. The van der Waals surface area contributed by atoms with Crippen molar-refractivity contribution in [3.63, 3.8) is 0 Å². The molecule has 2 aliphatic rings. The van der Waals surface area contributed by atoms with Crippen LogP contribution in [-0.2, 0) is 0 Å². The van der Waals surface area contributed by atoms with Crippen molar-refractivity contribution in [2.45, 2.75) is 48.0 Å². The SMILES string of the molecule is CC=CN(N=C(C)CC)c1c(C)cccc1C(=O)N1CC2CN(c3nc(C)cc(C)n3)CC2C1. The van der Waals surface area contributed by atoms with Crippen molar-refractivity contribution < 1.29 is 4.79 Å². The van der Waals surface area contributed by atoms with Crippen molar-refractivity contribution in [1.29, 1.82) is 0 Å². The Morgan fingerprint density at radius 2 is 1.76 bits per heavy atom. The Labute approximate surface area is 203 Å². The van der Waals surface area contributed by atoms with Crippen LogP contribution < -0.4 is 9.91 Å². The average Bonchev–Trinajstić information content (AvgIpc) is 3.37. The van der Waals surface area contributed by atoms with E-state index in [4.69, 9.17) is 5.10 Å². The van der Waals surface area contributed by atoms with E-state index in [1.165, 1.54) is 0 Å². The van der Waals surface area contributed by atoms with Crippen LogP contribution in [0.4, 0.5) is 11.6 Å². The highest BCUT2D eigenvalue weighted by Crippen LogP contribution is 2.35. The summed E-state index contributed by atoms with van der Waals surface area (Å²) in [5.41, 5.74) is 5.62. The molecule has 4 rings (SSSR count). The number of anilines is 2. The zero-order valence-electron chi connectivity index (χ0n) is 21.2. The van der Waals surface area contributed by atoms with E-state index < -0.39 is 0 Å². The fourth-order valence-corrected chi connectivity index (χ4v) is 5.03. The predicted octanol–water partition coefficient (Wildman–Crippen LogP) is 4.74. The zero-order valence-corrected chi connectivity index (χ0v) is 21.2. The number of nitrogens with zero attached hydrogens (tertiary/aromatic N) is 6. The molecule has 7 nitrogen and oxygen atoms in total. The molecule has 2 saturated heterocycles. The molecular weight excluding hydrogens is 424 g/mol. The van der Waals surface area contributed by atoms with Crippen LogP contribution in [-0.4, -0.2) is 52.7 Å². The van der Waals surface area contributed by atoms with Crippen LogP contribution in [0.5, 0.6) is 0 Å². The fraction of sp³-hybridized carbons (Fsp3) is 0.481. The van der Waals surface area contributed by atoms with Gasteiger partial charge in [0.15, 0.2) is 0 Å². The molecule has 2 atom stereocenters. The highest BCUT2D eigenvalue weighted by molar-refractivity contribution is 6.01. The second kappa shape index (κ2) is 9.95. The Bertz CT molecular complexity index is 1090. The summed E-state index contributed by atoms with van der Waals surface area (Å²) in [4.78, 5) is 27.3. The summed E-state index contributed by atoms with van der Waals surface area (Å²) in [6.45, 7) is 15.4. The zero-order chi connectivity index (χ0) is 24.4. The Morgan fingerprint density at radius 1 is 1.12 bits per heavy atom. The first-order valence-electron chi connectivity index (χ1n) is 12.2. The maximum Gasteiger partial charge on any atom is 0.256 e. The maximum atomic E-state index is 13.7. The summed E-state index contributed by atoms with van der Waals surface area (Å²) in [6.07, 6.45) is 4.75. The number of allylic oxidation sites excluding steroid dienone is 1. The van der Waals surface area contributed by atoms with Gasteiger partial charge in [0.05, 0.1) is 11.3 Å². The summed E-state index contributed by atoms with van der Waals surface area (Å²) in [6, 6.07) is 7.94. The summed E-state index contributed by atoms with van der Waals surface area (Å²) in [7, 11) is 0. The molecule has 1 amide bonds. The number of benzene rings is 1. The standard InChI is InChI=1S/C27H36N6O/c1-7-12-33(30-19(4)8-2)25-18(3)10-9-11-24(25)26(34)31-14-22-16-32(17-23(22)15-31)27-28-20(5)13-21(6)29-27/h7,9-13,22-23H,8,14-17H2,1-6H3. The molecule has 2 aliphatic heterocycles. The fourth-order valence-electron chi connectivity index (χ4n) is 5.03. The van der Waals surface area contributed by atoms with Gasteiger partial charge in [-0.05, 0) is 58.7 Å². The number of rotatable bonds is 6. The predicted molar refractivity (Wildman–Crippen MR) is 138 cm³/mol. The molecule has 0 radical (unpaired) electrons. The van der Waals surface area contributed by atoms with Crippen LogP contribution in [0, 0.1) is 32.6 Å². The van der Waals surface area contributed by atoms with Gasteiger partial charge in [-0.25, -0.2) is 15.0 Å². The van der Waals surface area contributed by atoms with Crippen LogP contribution in [0.1, 0.15) is 54.5 Å². The minimum absolute atomic E-state index is 0.0844. The van der Waals surface area contributed by atoms with Gasteiger partial charge in [-0.1, -0.05) is 25.1 Å². The largest absolute Gasteiger partial charge is 0.340 e. The third-order valence-electron chi connectivity index (χ3n) is 6.80. The molecule has 1 aromatic heterocycles. The third kappa shape index (κ3) is 4.83. The van der Waals surface area contributed by atoms with Gasteiger partial charge < -0.3 is 9.80 Å². The lowest BCUT2D eigenvalue weighted by molar-refractivity contribution is 0.0783. The molecule has 0 saturated carbocycles. The van der Waals surface area contributed by atoms with Gasteiger partial charge >= 0.3 is 0 Å². The number of aryl methyl sites for hydroxylation is 3. The Morgan fingerprint density at radius 3 is 2.35 bits per heavy atom. The second-order valence-electron chi connectivity index (χ2n) is 9.57. The van der Waals surface area contributed by atoms with Crippen LogP contribution in [0.15, 0.2) is 41.6 Å². The van der Waals surface area contributed by atoms with Gasteiger partial charge in [0, 0.05) is 61.3 Å². The van der Waals surface area contributed by atoms with Crippen molar-refractivity contribution in [3.05, 3.63) is 59.1 Å². The molecule has 2 aromatic rings. The topological polar surface area (TPSA) is 64.9 Å². The Balaban J connectivity index is 1.54. The number of hydrogen-bond donors (Lipinski definition) is 0. The molecule has 2 fully saturated rings. The van der Waals surface area contributed by atoms with Gasteiger partial charge in [-0.15, -0.1) is 0 Å². The molecule has 3 heterocycles. The normalized spacial score (nSPS) is 20.4. The molecule has 0 aliphatic carbocycles. The lowest BCUT2D eigenvalue weighted by Crippen LogP contribution is -2.34. The highest BCUT2D eigenvalue weighted by Gasteiger charge is 2.43. The first-order chi connectivity index (χ1) is 16.3. The Hall–Kier alpha value is -3.22. The van der Waals surface area contributed by atoms with E-state index in [0.717, 1.165) is 66.9 Å².